The lowest BCUT2D eigenvalue weighted by atomic mass is 9.70. The molecule has 29 heavy (non-hydrogen) atoms. The number of rotatable bonds is 8. The molecule has 3 rings (SSSR count). The molecule has 154 valence electrons. The molecule has 0 saturated carbocycles. The van der Waals surface area contributed by atoms with Gasteiger partial charge in [-0.2, -0.15) is 0 Å². The van der Waals surface area contributed by atoms with Crippen LogP contribution in [0.2, 0.25) is 0 Å². The molecule has 0 unspecified atom stereocenters. The number of hydrogen-bond donors (Lipinski definition) is 2. The number of esters is 1. The first kappa shape index (κ1) is 21.1. The minimum Gasteiger partial charge on any atom is -0.463 e. The van der Waals surface area contributed by atoms with Crippen molar-refractivity contribution in [1.29, 1.82) is 0 Å². The fraction of sp³-hybridized carbons (Fsp3) is 0.400. The van der Waals surface area contributed by atoms with Crippen LogP contribution in [0.25, 0.3) is 0 Å². The zero-order valence-electron chi connectivity index (χ0n) is 17.4. The summed E-state index contributed by atoms with van der Waals surface area (Å²) in [6.07, 6.45) is 2.87. The number of hydrogen-bond acceptors (Lipinski definition) is 4. The van der Waals surface area contributed by atoms with Crippen LogP contribution < -0.4 is 5.32 Å². The van der Waals surface area contributed by atoms with Gasteiger partial charge in [-0.3, -0.25) is 0 Å². The quantitative estimate of drug-likeness (QED) is 0.506. The molecular formula is C25H31NO3. The predicted molar refractivity (Wildman–Crippen MR) is 115 cm³/mol. The minimum absolute atomic E-state index is 0.238. The molecule has 0 saturated heterocycles. The number of carbonyl (C=O) groups excluding carboxylic acids is 1. The van der Waals surface area contributed by atoms with Crippen molar-refractivity contribution in [3.8, 4) is 0 Å². The average Bonchev–Trinajstić information content (AvgIpc) is 2.75. The zero-order chi connectivity index (χ0) is 20.7. The standard InChI is InChI=1S/C25H31NO3/c1-3-5-16-26-22-18-25(28,20-14-10-7-11-15-20)17-21(19-12-8-6-9-13-19)23(22)24(27)29-4-2/h6-15,21,26,28H,3-5,16-18H2,1-2H3/t21-,25+/m1/s1. The van der Waals surface area contributed by atoms with Gasteiger partial charge in [0.1, 0.15) is 0 Å². The van der Waals surface area contributed by atoms with E-state index in [0.717, 1.165) is 36.2 Å². The molecule has 4 heteroatoms. The largest absolute Gasteiger partial charge is 0.463 e. The number of aliphatic hydroxyl groups is 1. The molecule has 0 radical (unpaired) electrons. The molecule has 0 aliphatic heterocycles. The summed E-state index contributed by atoms with van der Waals surface area (Å²) in [5, 5.41) is 15.2. The summed E-state index contributed by atoms with van der Waals surface area (Å²) in [6.45, 7) is 5.05. The second-order valence-corrected chi connectivity index (χ2v) is 7.63. The van der Waals surface area contributed by atoms with Gasteiger partial charge < -0.3 is 15.2 Å². The molecule has 0 amide bonds. The van der Waals surface area contributed by atoms with Crippen molar-refractivity contribution in [2.45, 2.75) is 51.0 Å². The van der Waals surface area contributed by atoms with E-state index >= 15 is 0 Å². The highest BCUT2D eigenvalue weighted by Gasteiger charge is 2.43. The molecule has 0 fully saturated rings. The van der Waals surface area contributed by atoms with Crippen LogP contribution in [-0.4, -0.2) is 24.2 Å². The summed E-state index contributed by atoms with van der Waals surface area (Å²) in [5.74, 6) is -0.534. The van der Waals surface area contributed by atoms with E-state index in [4.69, 9.17) is 4.74 Å². The van der Waals surface area contributed by atoms with Gasteiger partial charge in [0.15, 0.2) is 0 Å². The fourth-order valence-electron chi connectivity index (χ4n) is 4.10. The smallest absolute Gasteiger partial charge is 0.336 e. The minimum atomic E-state index is -1.05. The van der Waals surface area contributed by atoms with Crippen LogP contribution >= 0.6 is 0 Å². The molecule has 1 aliphatic rings. The van der Waals surface area contributed by atoms with Crippen LogP contribution in [0.15, 0.2) is 71.9 Å². The predicted octanol–water partition coefficient (Wildman–Crippen LogP) is 4.66. The zero-order valence-corrected chi connectivity index (χ0v) is 17.4. The van der Waals surface area contributed by atoms with Crippen molar-refractivity contribution < 1.29 is 14.6 Å². The number of nitrogens with one attached hydrogen (secondary N) is 1. The van der Waals surface area contributed by atoms with Crippen LogP contribution in [0, 0.1) is 0 Å². The first-order valence-electron chi connectivity index (χ1n) is 10.6. The maximum Gasteiger partial charge on any atom is 0.336 e. The highest BCUT2D eigenvalue weighted by atomic mass is 16.5. The Hall–Kier alpha value is -2.59. The Bertz CT molecular complexity index is 832. The van der Waals surface area contributed by atoms with Crippen molar-refractivity contribution in [3.63, 3.8) is 0 Å². The molecule has 1 aliphatic carbocycles. The Morgan fingerprint density at radius 3 is 2.38 bits per heavy atom. The highest BCUT2D eigenvalue weighted by Crippen LogP contribution is 2.46. The summed E-state index contributed by atoms with van der Waals surface area (Å²) in [6, 6.07) is 19.7. The Labute approximate surface area is 173 Å². The Balaban J connectivity index is 2.09. The molecule has 0 spiro atoms. The lowest BCUT2D eigenvalue weighted by molar-refractivity contribution is -0.139. The molecule has 2 aromatic carbocycles. The summed E-state index contributed by atoms with van der Waals surface area (Å²) in [5.41, 5.74) is 2.28. The summed E-state index contributed by atoms with van der Waals surface area (Å²) < 4.78 is 5.43. The van der Waals surface area contributed by atoms with Gasteiger partial charge in [-0.15, -0.1) is 0 Å². The summed E-state index contributed by atoms with van der Waals surface area (Å²) >= 11 is 0. The van der Waals surface area contributed by atoms with Gasteiger partial charge in [-0.25, -0.2) is 4.79 Å². The molecule has 0 heterocycles. The molecule has 2 aromatic rings. The third kappa shape index (κ3) is 4.88. The third-order valence-corrected chi connectivity index (χ3v) is 5.56. The van der Waals surface area contributed by atoms with E-state index in [1.54, 1.807) is 0 Å². The normalized spacial score (nSPS) is 21.7. The molecule has 0 bridgehead atoms. The van der Waals surface area contributed by atoms with Crippen LogP contribution in [0.3, 0.4) is 0 Å². The van der Waals surface area contributed by atoms with Gasteiger partial charge in [0.25, 0.3) is 0 Å². The lowest BCUT2D eigenvalue weighted by Gasteiger charge is -2.40. The van der Waals surface area contributed by atoms with Crippen LogP contribution in [0.4, 0.5) is 0 Å². The van der Waals surface area contributed by atoms with Gasteiger partial charge in [0.05, 0.1) is 17.8 Å². The SMILES string of the molecule is CCCCNC1=C(C(=O)OCC)[C@@H](c2ccccc2)C[C@@](O)(c2ccccc2)C1. The van der Waals surface area contributed by atoms with Crippen LogP contribution in [0.1, 0.15) is 56.6 Å². The van der Waals surface area contributed by atoms with E-state index < -0.39 is 5.60 Å². The summed E-state index contributed by atoms with van der Waals surface area (Å²) in [7, 11) is 0. The van der Waals surface area contributed by atoms with Crippen LogP contribution in [0.5, 0.6) is 0 Å². The highest BCUT2D eigenvalue weighted by molar-refractivity contribution is 5.91. The van der Waals surface area contributed by atoms with E-state index in [1.165, 1.54) is 0 Å². The number of carbonyl (C=O) groups is 1. The number of unbranched alkanes of at least 4 members (excludes halogenated alkanes) is 1. The molecule has 4 nitrogen and oxygen atoms in total. The first-order chi connectivity index (χ1) is 14.1. The molecular weight excluding hydrogens is 362 g/mol. The van der Waals surface area contributed by atoms with Gasteiger partial charge in [0, 0.05) is 24.6 Å². The molecule has 0 aromatic heterocycles. The number of benzene rings is 2. The van der Waals surface area contributed by atoms with Gasteiger partial charge >= 0.3 is 5.97 Å². The van der Waals surface area contributed by atoms with Gasteiger partial charge in [-0.1, -0.05) is 74.0 Å². The molecule has 2 atom stereocenters. The number of ether oxygens (including phenoxy) is 1. The van der Waals surface area contributed by atoms with E-state index in [9.17, 15) is 9.90 Å². The Kier molecular flexibility index (Phi) is 7.10. The maximum atomic E-state index is 13.0. The maximum absolute atomic E-state index is 13.0. The lowest BCUT2D eigenvalue weighted by Crippen LogP contribution is -2.39. The third-order valence-electron chi connectivity index (χ3n) is 5.56. The second kappa shape index (κ2) is 9.75. The van der Waals surface area contributed by atoms with Crippen molar-refractivity contribution in [3.05, 3.63) is 83.1 Å². The van der Waals surface area contributed by atoms with Crippen molar-refractivity contribution in [2.75, 3.05) is 13.2 Å². The van der Waals surface area contributed by atoms with Gasteiger partial charge in [-0.05, 0) is 30.9 Å². The van der Waals surface area contributed by atoms with Gasteiger partial charge in [0.2, 0.25) is 0 Å². The van der Waals surface area contributed by atoms with E-state index in [1.807, 2.05) is 67.6 Å². The van der Waals surface area contributed by atoms with E-state index in [2.05, 4.69) is 12.2 Å². The molecule has 2 N–H and O–H groups in total. The monoisotopic (exact) mass is 393 g/mol. The Morgan fingerprint density at radius 1 is 1.10 bits per heavy atom. The second-order valence-electron chi connectivity index (χ2n) is 7.63. The van der Waals surface area contributed by atoms with Crippen molar-refractivity contribution >= 4 is 5.97 Å². The first-order valence-corrected chi connectivity index (χ1v) is 10.6. The van der Waals surface area contributed by atoms with E-state index in [0.29, 0.717) is 25.0 Å². The van der Waals surface area contributed by atoms with Crippen molar-refractivity contribution in [1.82, 2.24) is 5.32 Å². The average molecular weight is 394 g/mol. The summed E-state index contributed by atoms with van der Waals surface area (Å²) in [4.78, 5) is 13.0. The van der Waals surface area contributed by atoms with Crippen LogP contribution in [-0.2, 0) is 15.1 Å². The topological polar surface area (TPSA) is 58.6 Å². The van der Waals surface area contributed by atoms with Crippen molar-refractivity contribution in [2.24, 2.45) is 0 Å². The van der Waals surface area contributed by atoms with E-state index in [-0.39, 0.29) is 11.9 Å². The fourth-order valence-corrected chi connectivity index (χ4v) is 4.10. The Morgan fingerprint density at radius 2 is 1.76 bits per heavy atom.